The summed E-state index contributed by atoms with van der Waals surface area (Å²) in [6.45, 7) is 0. The summed E-state index contributed by atoms with van der Waals surface area (Å²) < 4.78 is 122. The van der Waals surface area contributed by atoms with Crippen molar-refractivity contribution in [3.05, 3.63) is 102 Å². The van der Waals surface area contributed by atoms with E-state index in [0.29, 0.717) is 36.4 Å². The van der Waals surface area contributed by atoms with Crippen LogP contribution in [0.25, 0.3) is 65.4 Å². The Morgan fingerprint density at radius 2 is 0.644 bits per heavy atom. The number of fused-ring (bicyclic) bond motifs is 9. The normalized spacial score (nSPS) is 13.3. The van der Waals surface area contributed by atoms with E-state index in [4.69, 9.17) is 0 Å². The molecule has 15 heteroatoms. The van der Waals surface area contributed by atoms with Crippen molar-refractivity contribution in [2.24, 2.45) is 0 Å². The third kappa shape index (κ3) is 4.17. The quantitative estimate of drug-likeness (QED) is 0.0906. The van der Waals surface area contributed by atoms with Crippen molar-refractivity contribution in [2.45, 2.75) is 18.5 Å². The van der Waals surface area contributed by atoms with Crippen LogP contribution < -0.4 is 16.3 Å². The van der Waals surface area contributed by atoms with Crippen molar-refractivity contribution < 1.29 is 39.5 Å². The van der Waals surface area contributed by atoms with Gasteiger partial charge in [0.2, 0.25) is 0 Å². The molecule has 0 fully saturated rings. The zero-order valence-corrected chi connectivity index (χ0v) is 21.8. The Labute approximate surface area is 240 Å². The van der Waals surface area contributed by atoms with Gasteiger partial charge in [-0.15, -0.1) is 0 Å². The number of rotatable bonds is 0. The van der Waals surface area contributed by atoms with Gasteiger partial charge >= 0.3 is 18.5 Å². The minimum Gasteiger partial charge on any atom is -0.354 e. The van der Waals surface area contributed by atoms with Crippen molar-refractivity contribution in [1.29, 1.82) is 0 Å². The molecule has 0 saturated heterocycles. The predicted octanol–water partition coefficient (Wildman–Crippen LogP) is 7.73. The lowest BCUT2D eigenvalue weighted by molar-refractivity contribution is -0.138. The Kier molecular flexibility index (Phi) is 5.60. The third-order valence-electron chi connectivity index (χ3n) is 7.73. The first-order valence-corrected chi connectivity index (χ1v) is 12.8. The van der Waals surface area contributed by atoms with Crippen molar-refractivity contribution in [2.75, 3.05) is 0 Å². The van der Waals surface area contributed by atoms with Gasteiger partial charge in [0.05, 0.1) is 65.9 Å². The van der Waals surface area contributed by atoms with Crippen LogP contribution in [-0.4, -0.2) is 15.0 Å². The van der Waals surface area contributed by atoms with Gasteiger partial charge in [-0.25, -0.2) is 0 Å². The highest BCUT2D eigenvalue weighted by atomic mass is 19.4. The molecule has 0 spiro atoms. The molecule has 3 heterocycles. The molecule has 0 amide bonds. The van der Waals surface area contributed by atoms with E-state index in [-0.39, 0.29) is 49.3 Å². The fraction of sp³-hybridized carbons (Fsp3) is 0.100. The van der Waals surface area contributed by atoms with E-state index in [1.54, 1.807) is 0 Å². The Hall–Kier alpha value is -5.34. The molecule has 0 radical (unpaired) electrons. The third-order valence-corrected chi connectivity index (χ3v) is 7.73. The van der Waals surface area contributed by atoms with Crippen LogP contribution in [0.5, 0.6) is 0 Å². The van der Waals surface area contributed by atoms with Crippen LogP contribution in [0.4, 0.5) is 39.5 Å². The number of aromatic amines is 3. The second kappa shape index (κ2) is 8.86. The summed E-state index contributed by atoms with van der Waals surface area (Å²) in [5.74, 6) is 0. The van der Waals surface area contributed by atoms with E-state index in [2.05, 4.69) is 15.0 Å². The first-order valence-electron chi connectivity index (χ1n) is 12.8. The molecule has 3 aromatic heterocycles. The molecule has 4 aromatic carbocycles. The second-order valence-corrected chi connectivity index (χ2v) is 10.4. The predicted molar refractivity (Wildman–Crippen MR) is 148 cm³/mol. The summed E-state index contributed by atoms with van der Waals surface area (Å²) in [6.07, 6.45) is -14.5. The first-order chi connectivity index (χ1) is 20.9. The van der Waals surface area contributed by atoms with E-state index in [0.717, 1.165) is 18.2 Å². The number of pyridine rings is 3. The molecule has 0 unspecified atom stereocenters. The summed E-state index contributed by atoms with van der Waals surface area (Å²) in [4.78, 5) is 49.5. The second-order valence-electron chi connectivity index (χ2n) is 10.4. The number of H-pyrrole nitrogens is 3. The average Bonchev–Trinajstić information content (AvgIpc) is 2.95. The molecule has 6 nitrogen and oxygen atoms in total. The molecule has 0 aliphatic carbocycles. The number of alkyl halides is 9. The molecule has 7 rings (SSSR count). The van der Waals surface area contributed by atoms with Gasteiger partial charge in [0.25, 0.3) is 0 Å². The van der Waals surface area contributed by atoms with Crippen molar-refractivity contribution in [1.82, 2.24) is 15.0 Å². The smallest absolute Gasteiger partial charge is 0.354 e. The van der Waals surface area contributed by atoms with Crippen LogP contribution in [0.15, 0.2) is 69.0 Å². The van der Waals surface area contributed by atoms with Gasteiger partial charge in [0.15, 0.2) is 16.3 Å². The van der Waals surface area contributed by atoms with E-state index in [9.17, 15) is 53.9 Å². The number of benzene rings is 4. The zero-order valence-electron chi connectivity index (χ0n) is 21.8. The van der Waals surface area contributed by atoms with Crippen molar-refractivity contribution in [3.8, 4) is 0 Å². The summed E-state index contributed by atoms with van der Waals surface area (Å²) >= 11 is 0. The minimum atomic E-state index is -4.82. The lowest BCUT2D eigenvalue weighted by Crippen LogP contribution is -2.16. The highest BCUT2D eigenvalue weighted by Gasteiger charge is 2.33. The summed E-state index contributed by atoms with van der Waals surface area (Å²) in [6, 6.07) is 6.39. The number of nitrogens with one attached hydrogen (secondary N) is 3. The van der Waals surface area contributed by atoms with Gasteiger partial charge in [0, 0.05) is 16.2 Å². The molecule has 0 saturated carbocycles. The molecular weight excluding hydrogens is 621 g/mol. The molecule has 0 atom stereocenters. The maximum atomic E-state index is 13.9. The standard InChI is InChI=1S/C30H12F9N3O3/c31-28(32,33)10-1-4-13-16(7-10)40-22-19(25(13)43)23-21(27(45)14-5-2-11(29(34,35)36)8-17(14)41-23)24-20(22)26(44)15-6-3-12(30(37,38)39)9-18(15)42-24/h1-9H,(H,40,43)(H,41,45)(H,42,44). The van der Waals surface area contributed by atoms with E-state index >= 15 is 0 Å². The number of hydrogen-bond donors (Lipinski definition) is 3. The summed E-state index contributed by atoms with van der Waals surface area (Å²) in [5, 5.41) is -2.19. The van der Waals surface area contributed by atoms with Crippen LogP contribution in [0, 0.1) is 0 Å². The monoisotopic (exact) mass is 633 g/mol. The van der Waals surface area contributed by atoms with Gasteiger partial charge in [-0.05, 0) is 54.6 Å². The van der Waals surface area contributed by atoms with Gasteiger partial charge < -0.3 is 15.0 Å². The first kappa shape index (κ1) is 28.4. The van der Waals surface area contributed by atoms with Gasteiger partial charge in [-0.3, -0.25) is 14.4 Å². The number of aromatic nitrogens is 3. The molecule has 7 aromatic rings. The Morgan fingerprint density at radius 1 is 0.400 bits per heavy atom. The van der Waals surface area contributed by atoms with E-state index < -0.39 is 67.7 Å². The maximum Gasteiger partial charge on any atom is 0.416 e. The zero-order chi connectivity index (χ0) is 32.4. The molecule has 228 valence electrons. The highest BCUT2D eigenvalue weighted by Crippen LogP contribution is 2.36. The molecule has 0 aliphatic heterocycles. The number of halogens is 9. The minimum absolute atomic E-state index is 0.298. The fourth-order valence-corrected chi connectivity index (χ4v) is 5.68. The molecule has 0 aliphatic rings. The van der Waals surface area contributed by atoms with Gasteiger partial charge in [-0.2, -0.15) is 39.5 Å². The van der Waals surface area contributed by atoms with E-state index in [1.165, 1.54) is 0 Å². The van der Waals surface area contributed by atoms with Gasteiger partial charge in [0.1, 0.15) is 0 Å². The maximum absolute atomic E-state index is 13.9. The average molecular weight is 633 g/mol. The molecule has 45 heavy (non-hydrogen) atoms. The Balaban J connectivity index is 1.78. The lowest BCUT2D eigenvalue weighted by atomic mass is 9.97. The summed E-state index contributed by atoms with van der Waals surface area (Å²) in [7, 11) is 0. The molecule has 0 bridgehead atoms. The number of hydrogen-bond acceptors (Lipinski definition) is 3. The van der Waals surface area contributed by atoms with Crippen LogP contribution in [-0.2, 0) is 18.5 Å². The highest BCUT2D eigenvalue weighted by molar-refractivity contribution is 6.25. The molecular formula is C30H12F9N3O3. The van der Waals surface area contributed by atoms with Crippen molar-refractivity contribution in [3.63, 3.8) is 0 Å². The topological polar surface area (TPSA) is 98.6 Å². The lowest BCUT2D eigenvalue weighted by Gasteiger charge is -2.15. The van der Waals surface area contributed by atoms with Crippen molar-refractivity contribution >= 4 is 65.4 Å². The SMILES string of the molecule is O=c1c2ccc(C(F)(F)F)cc2[nH]c2c1c1[nH]c3cc(C(F)(F)F)ccc3c(=O)c1c1[nH]c3cc(C(F)(F)F)ccc3c(=O)c21. The van der Waals surface area contributed by atoms with Crippen LogP contribution in [0.3, 0.4) is 0 Å². The molecule has 3 N–H and O–H groups in total. The largest absolute Gasteiger partial charge is 0.416 e. The Morgan fingerprint density at radius 3 is 0.867 bits per heavy atom. The van der Waals surface area contributed by atoms with Crippen LogP contribution in [0.2, 0.25) is 0 Å². The summed E-state index contributed by atoms with van der Waals surface area (Å²) in [5.41, 5.74) is -8.59. The fourth-order valence-electron chi connectivity index (χ4n) is 5.68. The van der Waals surface area contributed by atoms with Crippen LogP contribution >= 0.6 is 0 Å². The Bertz CT molecular complexity index is 2310. The van der Waals surface area contributed by atoms with Crippen LogP contribution in [0.1, 0.15) is 16.7 Å². The van der Waals surface area contributed by atoms with E-state index in [1.807, 2.05) is 0 Å². The van der Waals surface area contributed by atoms with Gasteiger partial charge in [-0.1, -0.05) is 0 Å².